The van der Waals surface area contributed by atoms with Crippen LogP contribution in [0, 0.1) is 0 Å². The van der Waals surface area contributed by atoms with Gasteiger partial charge in [0.1, 0.15) is 13.7 Å². The number of nitrogens with zero attached hydrogens (tertiary/aromatic N) is 2. The SMILES string of the molecule is CC=NOC(c1ccc(C(F)(F)F)cc1)c1ccccc1C(=NOC)C(=O)NC(=O)COC. The monoisotopic (exact) mass is 465 g/mol. The van der Waals surface area contributed by atoms with Crippen LogP contribution in [0.3, 0.4) is 0 Å². The van der Waals surface area contributed by atoms with Crippen molar-refractivity contribution in [1.29, 1.82) is 0 Å². The van der Waals surface area contributed by atoms with Crippen molar-refractivity contribution in [1.82, 2.24) is 5.32 Å². The van der Waals surface area contributed by atoms with E-state index in [0.29, 0.717) is 11.1 Å². The van der Waals surface area contributed by atoms with Gasteiger partial charge in [0.2, 0.25) is 0 Å². The highest BCUT2D eigenvalue weighted by molar-refractivity contribution is 6.47. The van der Waals surface area contributed by atoms with E-state index in [-0.39, 0.29) is 17.9 Å². The molecule has 176 valence electrons. The van der Waals surface area contributed by atoms with Crippen LogP contribution in [0.15, 0.2) is 58.8 Å². The van der Waals surface area contributed by atoms with Crippen molar-refractivity contribution in [2.75, 3.05) is 20.8 Å². The van der Waals surface area contributed by atoms with Gasteiger partial charge in [-0.25, -0.2) is 0 Å². The molecule has 0 saturated heterocycles. The molecule has 2 rings (SSSR count). The molecule has 2 aromatic rings. The number of amides is 2. The van der Waals surface area contributed by atoms with Crippen molar-refractivity contribution in [3.05, 3.63) is 70.8 Å². The minimum absolute atomic E-state index is 0.221. The van der Waals surface area contributed by atoms with Crippen molar-refractivity contribution < 1.29 is 37.2 Å². The summed E-state index contributed by atoms with van der Waals surface area (Å²) in [4.78, 5) is 34.8. The second kappa shape index (κ2) is 11.8. The van der Waals surface area contributed by atoms with E-state index in [1.807, 2.05) is 0 Å². The van der Waals surface area contributed by atoms with Crippen molar-refractivity contribution in [3.8, 4) is 0 Å². The van der Waals surface area contributed by atoms with Gasteiger partial charge in [-0.15, -0.1) is 0 Å². The lowest BCUT2D eigenvalue weighted by Crippen LogP contribution is -2.39. The van der Waals surface area contributed by atoms with Crippen LogP contribution in [-0.4, -0.2) is 44.6 Å². The Balaban J connectivity index is 2.54. The molecule has 33 heavy (non-hydrogen) atoms. The topological polar surface area (TPSA) is 98.6 Å². The van der Waals surface area contributed by atoms with Crippen LogP contribution in [0.25, 0.3) is 0 Å². The summed E-state index contributed by atoms with van der Waals surface area (Å²) in [5, 5.41) is 9.64. The highest BCUT2D eigenvalue weighted by atomic mass is 19.4. The number of methoxy groups -OCH3 is 1. The number of benzene rings is 2. The summed E-state index contributed by atoms with van der Waals surface area (Å²) in [7, 11) is 2.52. The molecule has 0 saturated carbocycles. The Morgan fingerprint density at radius 1 is 1.09 bits per heavy atom. The Morgan fingerprint density at radius 3 is 2.33 bits per heavy atom. The van der Waals surface area contributed by atoms with Gasteiger partial charge in [-0.05, 0) is 24.6 Å². The van der Waals surface area contributed by atoms with Crippen molar-refractivity contribution >= 4 is 23.7 Å². The van der Waals surface area contributed by atoms with Gasteiger partial charge in [-0.1, -0.05) is 46.7 Å². The van der Waals surface area contributed by atoms with Crippen molar-refractivity contribution in [2.24, 2.45) is 10.3 Å². The van der Waals surface area contributed by atoms with Gasteiger partial charge in [0, 0.05) is 24.5 Å². The Morgan fingerprint density at radius 2 is 1.76 bits per heavy atom. The number of alkyl halides is 3. The fourth-order valence-corrected chi connectivity index (χ4v) is 2.86. The number of carbonyl (C=O) groups excluding carboxylic acids is 2. The molecular formula is C22H22F3N3O5. The Hall–Kier alpha value is -3.73. The van der Waals surface area contributed by atoms with E-state index in [1.54, 1.807) is 25.1 Å². The number of hydrogen-bond acceptors (Lipinski definition) is 7. The molecule has 2 amide bonds. The first-order chi connectivity index (χ1) is 15.7. The maximum absolute atomic E-state index is 13.0. The summed E-state index contributed by atoms with van der Waals surface area (Å²) in [5.41, 5.74) is -0.159. The van der Waals surface area contributed by atoms with Gasteiger partial charge in [0.25, 0.3) is 11.8 Å². The van der Waals surface area contributed by atoms with Gasteiger partial charge in [0.05, 0.1) is 5.56 Å². The standard InChI is InChI=1S/C22H22F3N3O5/c1-4-26-33-20(14-9-11-15(12-10-14)22(23,24)25)17-8-6-5-7-16(17)19(28-32-3)21(30)27-18(29)13-31-2/h4-12,20H,13H2,1-3H3,(H,27,29,30). The predicted octanol–water partition coefficient (Wildman–Crippen LogP) is 3.46. The lowest BCUT2D eigenvalue weighted by Gasteiger charge is -2.20. The summed E-state index contributed by atoms with van der Waals surface area (Å²) >= 11 is 0. The minimum Gasteiger partial charge on any atom is -0.398 e. The van der Waals surface area contributed by atoms with Gasteiger partial charge < -0.3 is 14.4 Å². The van der Waals surface area contributed by atoms with Crippen LogP contribution in [0.4, 0.5) is 13.2 Å². The smallest absolute Gasteiger partial charge is 0.398 e. The van der Waals surface area contributed by atoms with Crippen LogP contribution in [0.5, 0.6) is 0 Å². The first kappa shape index (κ1) is 25.5. The van der Waals surface area contributed by atoms with Crippen LogP contribution in [-0.2, 0) is 30.2 Å². The third-order valence-corrected chi connectivity index (χ3v) is 4.24. The maximum Gasteiger partial charge on any atom is 0.416 e. The van der Waals surface area contributed by atoms with Gasteiger partial charge in [0.15, 0.2) is 11.8 Å². The van der Waals surface area contributed by atoms with E-state index < -0.39 is 29.7 Å². The van der Waals surface area contributed by atoms with Crippen LogP contribution in [0.1, 0.15) is 35.3 Å². The molecule has 0 aromatic heterocycles. The van der Waals surface area contributed by atoms with E-state index in [1.165, 1.54) is 38.6 Å². The molecule has 0 heterocycles. The molecule has 1 N–H and O–H groups in total. The molecule has 1 atom stereocenters. The second-order valence-corrected chi connectivity index (χ2v) is 6.49. The third-order valence-electron chi connectivity index (χ3n) is 4.24. The minimum atomic E-state index is -4.50. The van der Waals surface area contributed by atoms with Crippen LogP contribution in [0.2, 0.25) is 0 Å². The number of carbonyl (C=O) groups is 2. The molecule has 0 fully saturated rings. The van der Waals surface area contributed by atoms with E-state index in [0.717, 1.165) is 12.1 Å². The van der Waals surface area contributed by atoms with Gasteiger partial charge in [-0.2, -0.15) is 13.2 Å². The highest BCUT2D eigenvalue weighted by Gasteiger charge is 2.31. The molecule has 0 aliphatic rings. The van der Waals surface area contributed by atoms with E-state index >= 15 is 0 Å². The Bertz CT molecular complexity index is 1020. The molecule has 2 aromatic carbocycles. The number of oxime groups is 2. The third kappa shape index (κ3) is 6.88. The average molecular weight is 465 g/mol. The van der Waals surface area contributed by atoms with Crippen LogP contribution >= 0.6 is 0 Å². The first-order valence-corrected chi connectivity index (χ1v) is 9.57. The molecule has 1 unspecified atom stereocenters. The fourth-order valence-electron chi connectivity index (χ4n) is 2.86. The normalized spacial score (nSPS) is 13.0. The summed E-state index contributed by atoms with van der Waals surface area (Å²) in [6.45, 7) is 1.25. The lowest BCUT2D eigenvalue weighted by molar-refractivity contribution is -0.137. The Labute approximate surface area is 188 Å². The van der Waals surface area contributed by atoms with Crippen molar-refractivity contribution in [3.63, 3.8) is 0 Å². The predicted molar refractivity (Wildman–Crippen MR) is 114 cm³/mol. The zero-order valence-corrected chi connectivity index (χ0v) is 18.1. The molecule has 0 aliphatic heterocycles. The maximum atomic E-state index is 13.0. The number of rotatable bonds is 9. The molecule has 0 aliphatic carbocycles. The van der Waals surface area contributed by atoms with Crippen LogP contribution < -0.4 is 5.32 Å². The van der Waals surface area contributed by atoms with Gasteiger partial charge in [-0.3, -0.25) is 14.9 Å². The zero-order valence-electron chi connectivity index (χ0n) is 18.1. The van der Waals surface area contributed by atoms with Crippen molar-refractivity contribution in [2.45, 2.75) is 19.2 Å². The zero-order chi connectivity index (χ0) is 24.4. The molecule has 11 heteroatoms. The van der Waals surface area contributed by atoms with E-state index in [9.17, 15) is 22.8 Å². The van der Waals surface area contributed by atoms with Gasteiger partial charge >= 0.3 is 6.18 Å². The van der Waals surface area contributed by atoms with E-state index in [4.69, 9.17) is 14.4 Å². The van der Waals surface area contributed by atoms with E-state index in [2.05, 4.69) is 15.6 Å². The Kier molecular flexibility index (Phi) is 9.10. The quantitative estimate of drug-likeness (QED) is 0.452. The summed E-state index contributed by atoms with van der Waals surface area (Å²) < 4.78 is 43.6. The average Bonchev–Trinajstić information content (AvgIpc) is 2.78. The first-order valence-electron chi connectivity index (χ1n) is 9.57. The summed E-state index contributed by atoms with van der Waals surface area (Å²) in [6.07, 6.45) is -4.14. The summed E-state index contributed by atoms with van der Waals surface area (Å²) in [6, 6.07) is 10.7. The molecular weight excluding hydrogens is 443 g/mol. The highest BCUT2D eigenvalue weighted by Crippen LogP contribution is 2.33. The lowest BCUT2D eigenvalue weighted by atomic mass is 9.93. The summed E-state index contributed by atoms with van der Waals surface area (Å²) in [5.74, 6) is -1.56. The number of hydrogen-bond donors (Lipinski definition) is 1. The molecule has 0 bridgehead atoms. The number of halogens is 3. The second-order valence-electron chi connectivity index (χ2n) is 6.49. The fraction of sp³-hybridized carbons (Fsp3) is 0.273. The number of nitrogens with one attached hydrogen (secondary N) is 1. The molecule has 0 spiro atoms. The number of ether oxygens (including phenoxy) is 1. The molecule has 0 radical (unpaired) electrons. The molecule has 8 nitrogen and oxygen atoms in total. The number of imide groups is 1. The largest absolute Gasteiger partial charge is 0.416 e.